The van der Waals surface area contributed by atoms with Gasteiger partial charge in [-0.1, -0.05) is 6.92 Å². The SMILES string of the molecule is CCCn1cc(-c2ccnc(Nc3ccc(N4CCOCC4)cc3)n2)c2cnccc21. The van der Waals surface area contributed by atoms with Crippen LogP contribution in [0.5, 0.6) is 0 Å². The second-order valence-electron chi connectivity index (χ2n) is 7.67. The first kappa shape index (κ1) is 19.5. The van der Waals surface area contributed by atoms with Gasteiger partial charge in [0.2, 0.25) is 5.95 Å². The maximum Gasteiger partial charge on any atom is 0.227 e. The number of rotatable bonds is 6. The van der Waals surface area contributed by atoms with Crippen LogP contribution in [0.1, 0.15) is 13.3 Å². The van der Waals surface area contributed by atoms with E-state index in [2.05, 4.69) is 68.2 Å². The average Bonchev–Trinajstić information content (AvgIpc) is 3.19. The zero-order valence-corrected chi connectivity index (χ0v) is 17.7. The standard InChI is InChI=1S/C24H26N6O/c1-2-11-30-17-21(20-16-25-9-8-23(20)30)22-7-10-26-24(28-22)27-18-3-5-19(6-4-18)29-12-14-31-15-13-29/h3-10,16-17H,2,11-15H2,1H3,(H,26,27,28). The number of hydrogen-bond acceptors (Lipinski definition) is 6. The van der Waals surface area contributed by atoms with Crippen LogP contribution in [-0.2, 0) is 11.3 Å². The summed E-state index contributed by atoms with van der Waals surface area (Å²) in [4.78, 5) is 15.9. The van der Waals surface area contributed by atoms with Gasteiger partial charge in [0.05, 0.1) is 24.4 Å². The summed E-state index contributed by atoms with van der Waals surface area (Å²) < 4.78 is 7.71. The van der Waals surface area contributed by atoms with Gasteiger partial charge in [0.1, 0.15) is 0 Å². The van der Waals surface area contributed by atoms with Crippen molar-refractivity contribution in [1.82, 2.24) is 19.5 Å². The lowest BCUT2D eigenvalue weighted by atomic mass is 10.1. The van der Waals surface area contributed by atoms with E-state index in [4.69, 9.17) is 9.72 Å². The summed E-state index contributed by atoms with van der Waals surface area (Å²) in [5.41, 5.74) is 5.31. The summed E-state index contributed by atoms with van der Waals surface area (Å²) in [7, 11) is 0. The van der Waals surface area contributed by atoms with E-state index in [0.717, 1.165) is 61.6 Å². The lowest BCUT2D eigenvalue weighted by Gasteiger charge is -2.28. The predicted octanol–water partition coefficient (Wildman–Crippen LogP) is 4.48. The Kier molecular flexibility index (Phi) is 5.50. The van der Waals surface area contributed by atoms with Crippen molar-refractivity contribution in [3.8, 4) is 11.3 Å². The largest absolute Gasteiger partial charge is 0.378 e. The molecule has 1 aliphatic rings. The van der Waals surface area contributed by atoms with E-state index in [1.165, 1.54) is 11.2 Å². The fraction of sp³-hybridized carbons (Fsp3) is 0.292. The molecule has 7 nitrogen and oxygen atoms in total. The number of nitrogens with zero attached hydrogens (tertiary/aromatic N) is 5. The Morgan fingerprint density at radius 2 is 1.87 bits per heavy atom. The minimum atomic E-state index is 0.580. The minimum Gasteiger partial charge on any atom is -0.378 e. The summed E-state index contributed by atoms with van der Waals surface area (Å²) in [5, 5.41) is 4.44. The molecule has 7 heteroatoms. The highest BCUT2D eigenvalue weighted by atomic mass is 16.5. The van der Waals surface area contributed by atoms with Gasteiger partial charge in [-0.15, -0.1) is 0 Å². The zero-order valence-electron chi connectivity index (χ0n) is 17.7. The molecule has 1 N–H and O–H groups in total. The molecule has 0 radical (unpaired) electrons. The molecule has 4 heterocycles. The normalized spacial score (nSPS) is 14.2. The molecule has 1 aromatic carbocycles. The van der Waals surface area contributed by atoms with Crippen LogP contribution in [-0.4, -0.2) is 45.8 Å². The molecule has 0 amide bonds. The van der Waals surface area contributed by atoms with E-state index < -0.39 is 0 Å². The number of pyridine rings is 1. The summed E-state index contributed by atoms with van der Waals surface area (Å²) in [6.07, 6.45) is 8.79. The quantitative estimate of drug-likeness (QED) is 0.502. The van der Waals surface area contributed by atoms with Crippen molar-refractivity contribution in [1.29, 1.82) is 0 Å². The lowest BCUT2D eigenvalue weighted by molar-refractivity contribution is 0.122. The molecular formula is C24H26N6O. The Labute approximate surface area is 181 Å². The molecule has 31 heavy (non-hydrogen) atoms. The second-order valence-corrected chi connectivity index (χ2v) is 7.67. The fourth-order valence-corrected chi connectivity index (χ4v) is 4.05. The molecule has 4 aromatic rings. The van der Waals surface area contributed by atoms with Gasteiger partial charge in [-0.3, -0.25) is 4.98 Å². The number of hydrogen-bond donors (Lipinski definition) is 1. The maximum absolute atomic E-state index is 5.44. The van der Waals surface area contributed by atoms with Crippen LogP contribution < -0.4 is 10.2 Å². The number of morpholine rings is 1. The lowest BCUT2D eigenvalue weighted by Crippen LogP contribution is -2.36. The van der Waals surface area contributed by atoms with Crippen LogP contribution in [0, 0.1) is 0 Å². The Morgan fingerprint density at radius 1 is 1.03 bits per heavy atom. The van der Waals surface area contributed by atoms with E-state index in [1.54, 1.807) is 6.20 Å². The summed E-state index contributed by atoms with van der Waals surface area (Å²) >= 11 is 0. The molecule has 0 spiro atoms. The third kappa shape index (κ3) is 4.09. The second kappa shape index (κ2) is 8.73. The van der Waals surface area contributed by atoms with Crippen molar-refractivity contribution in [2.75, 3.05) is 36.5 Å². The smallest absolute Gasteiger partial charge is 0.227 e. The Balaban J connectivity index is 1.39. The molecule has 3 aromatic heterocycles. The molecule has 158 valence electrons. The van der Waals surface area contributed by atoms with Crippen molar-refractivity contribution in [3.63, 3.8) is 0 Å². The number of ether oxygens (including phenoxy) is 1. The van der Waals surface area contributed by atoms with Crippen molar-refractivity contribution >= 4 is 28.2 Å². The van der Waals surface area contributed by atoms with Gasteiger partial charge in [0, 0.05) is 66.7 Å². The molecule has 0 unspecified atom stereocenters. The summed E-state index contributed by atoms with van der Waals surface area (Å²) in [5.74, 6) is 0.580. The molecule has 1 aliphatic heterocycles. The van der Waals surface area contributed by atoms with Crippen LogP contribution in [0.3, 0.4) is 0 Å². The predicted molar refractivity (Wildman–Crippen MR) is 124 cm³/mol. The number of fused-ring (bicyclic) bond motifs is 1. The van der Waals surface area contributed by atoms with Gasteiger partial charge in [-0.25, -0.2) is 9.97 Å². The number of benzene rings is 1. The average molecular weight is 415 g/mol. The first-order valence-electron chi connectivity index (χ1n) is 10.8. The third-order valence-corrected chi connectivity index (χ3v) is 5.58. The molecule has 5 rings (SSSR count). The molecule has 0 aliphatic carbocycles. The first-order chi connectivity index (χ1) is 15.3. The van der Waals surface area contributed by atoms with E-state index >= 15 is 0 Å². The monoisotopic (exact) mass is 414 g/mol. The highest BCUT2D eigenvalue weighted by molar-refractivity contribution is 5.94. The molecular weight excluding hydrogens is 388 g/mol. The van der Waals surface area contributed by atoms with Crippen LogP contribution >= 0.6 is 0 Å². The number of nitrogens with one attached hydrogen (secondary N) is 1. The van der Waals surface area contributed by atoms with E-state index in [-0.39, 0.29) is 0 Å². The van der Waals surface area contributed by atoms with Gasteiger partial charge < -0.3 is 19.5 Å². The van der Waals surface area contributed by atoms with Gasteiger partial charge in [-0.2, -0.15) is 0 Å². The van der Waals surface area contributed by atoms with Crippen LogP contribution in [0.4, 0.5) is 17.3 Å². The van der Waals surface area contributed by atoms with E-state index in [1.807, 2.05) is 18.5 Å². The maximum atomic E-state index is 5.44. The summed E-state index contributed by atoms with van der Waals surface area (Å²) in [6.45, 7) is 6.57. The molecule has 0 bridgehead atoms. The Morgan fingerprint density at radius 3 is 2.68 bits per heavy atom. The molecule has 0 saturated carbocycles. The Hall–Kier alpha value is -3.45. The van der Waals surface area contributed by atoms with E-state index in [0.29, 0.717) is 5.95 Å². The highest BCUT2D eigenvalue weighted by Crippen LogP contribution is 2.30. The van der Waals surface area contributed by atoms with Crippen molar-refractivity contribution < 1.29 is 4.74 Å². The molecule has 1 saturated heterocycles. The number of aromatic nitrogens is 4. The first-order valence-corrected chi connectivity index (χ1v) is 10.8. The van der Waals surface area contributed by atoms with Gasteiger partial charge in [0.25, 0.3) is 0 Å². The van der Waals surface area contributed by atoms with Crippen molar-refractivity contribution in [2.45, 2.75) is 19.9 Å². The van der Waals surface area contributed by atoms with Gasteiger partial charge in [-0.05, 0) is 42.8 Å². The molecule has 1 fully saturated rings. The van der Waals surface area contributed by atoms with Crippen molar-refractivity contribution in [2.24, 2.45) is 0 Å². The zero-order chi connectivity index (χ0) is 21.0. The van der Waals surface area contributed by atoms with E-state index in [9.17, 15) is 0 Å². The Bertz CT molecular complexity index is 1160. The van der Waals surface area contributed by atoms with Crippen LogP contribution in [0.15, 0.2) is 61.2 Å². The van der Waals surface area contributed by atoms with Gasteiger partial charge >= 0.3 is 0 Å². The number of anilines is 3. The third-order valence-electron chi connectivity index (χ3n) is 5.58. The molecule has 0 atom stereocenters. The number of aryl methyl sites for hydroxylation is 1. The van der Waals surface area contributed by atoms with Gasteiger partial charge in [0.15, 0.2) is 0 Å². The van der Waals surface area contributed by atoms with Crippen LogP contribution in [0.2, 0.25) is 0 Å². The van der Waals surface area contributed by atoms with Crippen LogP contribution in [0.25, 0.3) is 22.2 Å². The minimum absolute atomic E-state index is 0.580. The van der Waals surface area contributed by atoms with Crippen molar-refractivity contribution in [3.05, 3.63) is 61.2 Å². The summed E-state index contributed by atoms with van der Waals surface area (Å²) in [6, 6.07) is 12.4. The highest BCUT2D eigenvalue weighted by Gasteiger charge is 2.13. The fourth-order valence-electron chi connectivity index (χ4n) is 4.05. The topological polar surface area (TPSA) is 68.1 Å².